The largest absolute Gasteiger partial charge is 0.467 e. The van der Waals surface area contributed by atoms with Gasteiger partial charge in [0.15, 0.2) is 4.90 Å². The number of piperazine rings is 1. The van der Waals surface area contributed by atoms with Crippen LogP contribution in [0, 0.1) is 10.1 Å². The van der Waals surface area contributed by atoms with E-state index < -0.39 is 49.5 Å². The summed E-state index contributed by atoms with van der Waals surface area (Å²) in [7, 11) is -3.19. The maximum Gasteiger partial charge on any atom is 0.328 e. The van der Waals surface area contributed by atoms with Gasteiger partial charge in [-0.2, -0.15) is 4.31 Å². The van der Waals surface area contributed by atoms with Crippen LogP contribution in [0.25, 0.3) is 10.8 Å². The Balaban J connectivity index is 1.67. The SMILES string of the molecule is C=CCC1C(=O)N([C@@H](Cc2ccc3ccccc3c2)C(=O)OC)CCN1S(=O)(=O)c1ccccc1[N+](=O)[O-]. The van der Waals surface area contributed by atoms with Crippen LogP contribution in [0.15, 0.2) is 84.3 Å². The van der Waals surface area contributed by atoms with Gasteiger partial charge >= 0.3 is 5.97 Å². The zero-order valence-corrected chi connectivity index (χ0v) is 21.5. The lowest BCUT2D eigenvalue weighted by Gasteiger charge is -2.42. The number of rotatable bonds is 9. The first-order chi connectivity index (χ1) is 18.2. The molecule has 0 N–H and O–H groups in total. The third-order valence-electron chi connectivity index (χ3n) is 6.61. The molecule has 3 aromatic carbocycles. The summed E-state index contributed by atoms with van der Waals surface area (Å²) in [6, 6.07) is 16.3. The molecule has 11 heteroatoms. The van der Waals surface area contributed by atoms with Gasteiger partial charge in [0.05, 0.1) is 12.0 Å². The highest BCUT2D eigenvalue weighted by Crippen LogP contribution is 2.31. The molecule has 3 aromatic rings. The summed E-state index contributed by atoms with van der Waals surface area (Å²) in [5.41, 5.74) is 0.227. The normalized spacial score (nSPS) is 17.2. The number of nitro groups is 1. The second-order valence-corrected chi connectivity index (χ2v) is 10.7. The molecule has 0 aromatic heterocycles. The van der Waals surface area contributed by atoms with Crippen LogP contribution in [0.1, 0.15) is 12.0 Å². The van der Waals surface area contributed by atoms with Crippen molar-refractivity contribution in [1.82, 2.24) is 9.21 Å². The molecular weight excluding hydrogens is 510 g/mol. The van der Waals surface area contributed by atoms with E-state index in [4.69, 9.17) is 4.74 Å². The van der Waals surface area contributed by atoms with Crippen molar-refractivity contribution in [3.8, 4) is 0 Å². The number of nitrogens with zero attached hydrogens (tertiary/aromatic N) is 3. The number of fused-ring (bicyclic) bond motifs is 1. The van der Waals surface area contributed by atoms with E-state index in [0.717, 1.165) is 32.8 Å². The lowest BCUT2D eigenvalue weighted by Crippen LogP contribution is -2.62. The number of esters is 1. The number of carbonyl (C=O) groups is 2. The van der Waals surface area contributed by atoms with Gasteiger partial charge in [-0.15, -0.1) is 6.58 Å². The molecule has 1 amide bonds. The molecule has 1 aliphatic heterocycles. The number of hydrogen-bond acceptors (Lipinski definition) is 7. The molecule has 0 radical (unpaired) electrons. The summed E-state index contributed by atoms with van der Waals surface area (Å²) in [6.45, 7) is 3.39. The van der Waals surface area contributed by atoms with E-state index in [-0.39, 0.29) is 25.9 Å². The van der Waals surface area contributed by atoms with Crippen molar-refractivity contribution in [2.24, 2.45) is 0 Å². The molecule has 198 valence electrons. The smallest absolute Gasteiger partial charge is 0.328 e. The second-order valence-electron chi connectivity index (χ2n) is 8.84. The zero-order valence-electron chi connectivity index (χ0n) is 20.7. The molecule has 1 unspecified atom stereocenters. The van der Waals surface area contributed by atoms with Crippen molar-refractivity contribution >= 4 is 38.4 Å². The maximum absolute atomic E-state index is 13.7. The molecule has 0 aliphatic carbocycles. The highest BCUT2D eigenvalue weighted by atomic mass is 32.2. The predicted octanol–water partition coefficient (Wildman–Crippen LogP) is 3.31. The number of benzene rings is 3. The fourth-order valence-corrected chi connectivity index (χ4v) is 6.50. The summed E-state index contributed by atoms with van der Waals surface area (Å²) in [4.78, 5) is 38.2. The third-order valence-corrected chi connectivity index (χ3v) is 8.56. The molecule has 1 fully saturated rings. The number of sulfonamides is 1. The van der Waals surface area contributed by atoms with Crippen molar-refractivity contribution in [2.75, 3.05) is 20.2 Å². The van der Waals surface area contributed by atoms with Gasteiger partial charge in [-0.3, -0.25) is 14.9 Å². The fourth-order valence-electron chi connectivity index (χ4n) is 4.76. The Labute approximate surface area is 220 Å². The Hall–Kier alpha value is -4.09. The van der Waals surface area contributed by atoms with E-state index in [1.165, 1.54) is 30.2 Å². The number of amides is 1. The molecule has 0 saturated carbocycles. The number of ether oxygens (including phenoxy) is 1. The van der Waals surface area contributed by atoms with Crippen molar-refractivity contribution in [3.05, 3.63) is 95.1 Å². The summed E-state index contributed by atoms with van der Waals surface area (Å²) in [5, 5.41) is 13.5. The van der Waals surface area contributed by atoms with Crippen LogP contribution in [0.2, 0.25) is 0 Å². The number of hydrogen-bond donors (Lipinski definition) is 0. The average molecular weight is 538 g/mol. The number of nitro benzene ring substituents is 1. The highest BCUT2D eigenvalue weighted by Gasteiger charge is 2.46. The Morgan fingerprint density at radius 1 is 1.13 bits per heavy atom. The van der Waals surface area contributed by atoms with Crippen molar-refractivity contribution < 1.29 is 27.7 Å². The van der Waals surface area contributed by atoms with Gasteiger partial charge in [0.1, 0.15) is 12.1 Å². The molecule has 0 spiro atoms. The first-order valence-corrected chi connectivity index (χ1v) is 13.3. The molecule has 4 rings (SSSR count). The monoisotopic (exact) mass is 537 g/mol. The second kappa shape index (κ2) is 11.1. The predicted molar refractivity (Wildman–Crippen MR) is 141 cm³/mol. The molecule has 1 heterocycles. The minimum absolute atomic E-state index is 0.0426. The van der Waals surface area contributed by atoms with Gasteiger partial charge in [-0.05, 0) is 28.8 Å². The topological polar surface area (TPSA) is 127 Å². The molecule has 2 atom stereocenters. The Kier molecular flexibility index (Phi) is 7.88. The summed E-state index contributed by atoms with van der Waals surface area (Å²) in [6.07, 6.45) is 1.53. The van der Waals surface area contributed by atoms with Crippen LogP contribution in [0.4, 0.5) is 5.69 Å². The van der Waals surface area contributed by atoms with Crippen LogP contribution < -0.4 is 0 Å². The van der Waals surface area contributed by atoms with Crippen LogP contribution in [-0.2, 0) is 30.8 Å². The minimum atomic E-state index is -4.42. The van der Waals surface area contributed by atoms with Crippen molar-refractivity contribution in [1.29, 1.82) is 0 Å². The minimum Gasteiger partial charge on any atom is -0.467 e. The Bertz CT molecular complexity index is 1510. The Morgan fingerprint density at radius 2 is 1.82 bits per heavy atom. The first-order valence-electron chi connectivity index (χ1n) is 11.9. The number of carbonyl (C=O) groups excluding carboxylic acids is 2. The average Bonchev–Trinajstić information content (AvgIpc) is 2.92. The van der Waals surface area contributed by atoms with Crippen molar-refractivity contribution in [3.63, 3.8) is 0 Å². The van der Waals surface area contributed by atoms with Crippen LogP contribution in [0.3, 0.4) is 0 Å². The summed E-state index contributed by atoms with van der Waals surface area (Å²) < 4.78 is 33.1. The van der Waals surface area contributed by atoms with E-state index in [9.17, 15) is 28.1 Å². The van der Waals surface area contributed by atoms with Crippen LogP contribution >= 0.6 is 0 Å². The first kappa shape index (κ1) is 27.0. The molecule has 38 heavy (non-hydrogen) atoms. The van der Waals surface area contributed by atoms with Gasteiger partial charge in [0.2, 0.25) is 5.91 Å². The van der Waals surface area contributed by atoms with Gasteiger partial charge in [0, 0.05) is 25.6 Å². The quantitative estimate of drug-likeness (QED) is 0.177. The van der Waals surface area contributed by atoms with Gasteiger partial charge in [-0.1, -0.05) is 60.7 Å². The van der Waals surface area contributed by atoms with E-state index in [2.05, 4.69) is 6.58 Å². The van der Waals surface area contributed by atoms with Gasteiger partial charge in [0.25, 0.3) is 15.7 Å². The fraction of sp³-hybridized carbons (Fsp3) is 0.259. The van der Waals surface area contributed by atoms with Crippen LogP contribution in [-0.4, -0.2) is 66.7 Å². The number of para-hydroxylation sites is 1. The zero-order chi connectivity index (χ0) is 27.4. The van der Waals surface area contributed by atoms with Gasteiger partial charge < -0.3 is 9.64 Å². The van der Waals surface area contributed by atoms with E-state index >= 15 is 0 Å². The van der Waals surface area contributed by atoms with E-state index in [0.29, 0.717) is 0 Å². The molecular formula is C27H27N3O7S. The Morgan fingerprint density at radius 3 is 2.50 bits per heavy atom. The van der Waals surface area contributed by atoms with E-state index in [1.54, 1.807) is 0 Å². The molecule has 1 saturated heterocycles. The van der Waals surface area contributed by atoms with Gasteiger partial charge in [-0.25, -0.2) is 13.2 Å². The summed E-state index contributed by atoms with van der Waals surface area (Å²) in [5.74, 6) is -1.23. The molecule has 10 nitrogen and oxygen atoms in total. The standard InChI is InChI=1S/C27H27N3O7S/c1-3-8-23-26(31)28(15-16-29(23)38(35,36)25-12-7-6-11-22(25)30(33)34)24(27(32)37-2)18-19-13-14-20-9-4-5-10-21(20)17-19/h3-7,9-14,17,23-24H,1,8,15-16,18H2,2H3/t23?,24-/m0/s1. The molecule has 1 aliphatic rings. The maximum atomic E-state index is 13.7. The highest BCUT2D eigenvalue weighted by molar-refractivity contribution is 7.89. The lowest BCUT2D eigenvalue weighted by molar-refractivity contribution is -0.387. The molecule has 0 bridgehead atoms. The van der Waals surface area contributed by atoms with Crippen molar-refractivity contribution in [2.45, 2.75) is 29.8 Å². The van der Waals surface area contributed by atoms with E-state index in [1.807, 2.05) is 42.5 Å². The van der Waals surface area contributed by atoms with Crippen LogP contribution in [0.5, 0.6) is 0 Å². The summed E-state index contributed by atoms with van der Waals surface area (Å²) >= 11 is 0. The third kappa shape index (κ3) is 5.15. The lowest BCUT2D eigenvalue weighted by atomic mass is 9.99. The number of methoxy groups -OCH3 is 1.